The molecule has 0 N–H and O–H groups in total. The summed E-state index contributed by atoms with van der Waals surface area (Å²) in [4.78, 5) is 44.2. The molecule has 2 saturated heterocycles. The first-order valence-electron chi connectivity index (χ1n) is 11.6. The van der Waals surface area contributed by atoms with E-state index in [1.807, 2.05) is 66.4 Å². The number of benzene rings is 2. The Labute approximate surface area is 205 Å². The first-order valence-corrected chi connectivity index (χ1v) is 11.9. The Morgan fingerprint density at radius 2 is 1.71 bits per heavy atom. The molecule has 1 atom stereocenters. The van der Waals surface area contributed by atoms with Gasteiger partial charge in [-0.05, 0) is 49.1 Å². The molecule has 2 aromatic carbocycles. The van der Waals surface area contributed by atoms with Crippen molar-refractivity contribution in [2.75, 3.05) is 38.3 Å². The molecule has 1 spiro atoms. The van der Waals surface area contributed by atoms with Gasteiger partial charge in [0, 0.05) is 29.7 Å². The van der Waals surface area contributed by atoms with Crippen molar-refractivity contribution < 1.29 is 19.1 Å². The van der Waals surface area contributed by atoms with E-state index < -0.39 is 11.5 Å². The van der Waals surface area contributed by atoms with Crippen LogP contribution >= 0.6 is 11.6 Å². The number of halogens is 1. The molecule has 1 unspecified atom stereocenters. The molecule has 0 aromatic heterocycles. The molecule has 180 valence electrons. The standard InChI is InChI=1S/C26H30ClN3O4/c1-19(16-20-8-10-21(27)11-9-20)24(32)28-14-12-26(13-15-28)25(33)29(17-23(31)34-2)18-30(26)22-6-4-3-5-7-22/h3-11,19H,12-18H2,1-2H3. The number of hydrogen-bond acceptors (Lipinski definition) is 5. The fourth-order valence-corrected chi connectivity index (χ4v) is 5.14. The molecule has 34 heavy (non-hydrogen) atoms. The molecule has 2 aromatic rings. The van der Waals surface area contributed by atoms with Crippen molar-refractivity contribution in [2.45, 2.75) is 31.7 Å². The summed E-state index contributed by atoms with van der Waals surface area (Å²) in [6.45, 7) is 3.16. The molecule has 2 fully saturated rings. The lowest BCUT2D eigenvalue weighted by Crippen LogP contribution is -2.58. The molecule has 8 heteroatoms. The molecule has 0 aliphatic carbocycles. The highest BCUT2D eigenvalue weighted by atomic mass is 35.5. The van der Waals surface area contributed by atoms with Gasteiger partial charge in [0.1, 0.15) is 12.1 Å². The second-order valence-electron chi connectivity index (χ2n) is 9.07. The summed E-state index contributed by atoms with van der Waals surface area (Å²) in [5.74, 6) is -0.603. The van der Waals surface area contributed by atoms with Gasteiger partial charge in [-0.3, -0.25) is 14.4 Å². The third-order valence-electron chi connectivity index (χ3n) is 6.91. The molecule has 7 nitrogen and oxygen atoms in total. The summed E-state index contributed by atoms with van der Waals surface area (Å²) in [6, 6.07) is 17.3. The number of likely N-dealkylation sites (tertiary alicyclic amines) is 1. The monoisotopic (exact) mass is 483 g/mol. The van der Waals surface area contributed by atoms with Crippen LogP contribution in [0.3, 0.4) is 0 Å². The molecular formula is C26H30ClN3O4. The van der Waals surface area contributed by atoms with Crippen molar-refractivity contribution in [1.82, 2.24) is 9.80 Å². The minimum Gasteiger partial charge on any atom is -0.468 e. The maximum atomic E-state index is 13.6. The number of para-hydroxylation sites is 1. The first-order chi connectivity index (χ1) is 16.3. The van der Waals surface area contributed by atoms with Crippen LogP contribution in [-0.2, 0) is 25.5 Å². The summed E-state index contributed by atoms with van der Waals surface area (Å²) in [5, 5.41) is 0.675. The van der Waals surface area contributed by atoms with Crippen molar-refractivity contribution >= 4 is 35.1 Å². The number of carbonyl (C=O) groups is 3. The van der Waals surface area contributed by atoms with Crippen molar-refractivity contribution in [3.05, 3.63) is 65.2 Å². The fourth-order valence-electron chi connectivity index (χ4n) is 5.01. The van der Waals surface area contributed by atoms with Gasteiger partial charge >= 0.3 is 5.97 Å². The number of carbonyl (C=O) groups excluding carboxylic acids is 3. The van der Waals surface area contributed by atoms with Gasteiger partial charge in [-0.25, -0.2) is 0 Å². The number of nitrogens with zero attached hydrogens (tertiary/aromatic N) is 3. The third-order valence-corrected chi connectivity index (χ3v) is 7.16. The lowest BCUT2D eigenvalue weighted by molar-refractivity contribution is -0.147. The van der Waals surface area contributed by atoms with Gasteiger partial charge in [0.15, 0.2) is 0 Å². The van der Waals surface area contributed by atoms with Crippen molar-refractivity contribution in [3.8, 4) is 0 Å². The minimum atomic E-state index is -0.772. The Morgan fingerprint density at radius 1 is 1.06 bits per heavy atom. The third kappa shape index (κ3) is 4.75. The largest absolute Gasteiger partial charge is 0.468 e. The average molecular weight is 484 g/mol. The number of piperidine rings is 1. The van der Waals surface area contributed by atoms with Crippen LogP contribution in [0.25, 0.3) is 0 Å². The highest BCUT2D eigenvalue weighted by molar-refractivity contribution is 6.30. The highest BCUT2D eigenvalue weighted by Crippen LogP contribution is 2.39. The van der Waals surface area contributed by atoms with E-state index in [0.29, 0.717) is 44.0 Å². The molecule has 4 rings (SSSR count). The summed E-state index contributed by atoms with van der Waals surface area (Å²) >= 11 is 5.97. The number of ether oxygens (including phenoxy) is 1. The van der Waals surface area contributed by atoms with Crippen molar-refractivity contribution in [3.63, 3.8) is 0 Å². The predicted octanol–water partition coefficient (Wildman–Crippen LogP) is 3.36. The van der Waals surface area contributed by atoms with Crippen LogP contribution in [0.2, 0.25) is 5.02 Å². The van der Waals surface area contributed by atoms with Gasteiger partial charge in [0.05, 0.1) is 13.8 Å². The van der Waals surface area contributed by atoms with Gasteiger partial charge in [0.25, 0.3) is 5.91 Å². The topological polar surface area (TPSA) is 70.2 Å². The molecular weight excluding hydrogens is 454 g/mol. The fraction of sp³-hybridized carbons (Fsp3) is 0.423. The van der Waals surface area contributed by atoms with Crippen LogP contribution < -0.4 is 4.90 Å². The summed E-state index contributed by atoms with van der Waals surface area (Å²) in [7, 11) is 1.32. The van der Waals surface area contributed by atoms with Gasteiger partial charge in [-0.2, -0.15) is 0 Å². The molecule has 2 aliphatic heterocycles. The van der Waals surface area contributed by atoms with E-state index in [1.54, 1.807) is 4.90 Å². The average Bonchev–Trinajstić information content (AvgIpc) is 3.12. The SMILES string of the molecule is COC(=O)CN1CN(c2ccccc2)C2(CCN(C(=O)C(C)Cc3ccc(Cl)cc3)CC2)C1=O. The van der Waals surface area contributed by atoms with Crippen LogP contribution in [0.5, 0.6) is 0 Å². The maximum absolute atomic E-state index is 13.6. The van der Waals surface area contributed by atoms with Gasteiger partial charge < -0.3 is 19.4 Å². The van der Waals surface area contributed by atoms with Crippen LogP contribution in [0.1, 0.15) is 25.3 Å². The second-order valence-corrected chi connectivity index (χ2v) is 9.51. The Morgan fingerprint density at radius 3 is 2.32 bits per heavy atom. The quantitative estimate of drug-likeness (QED) is 0.589. The molecule has 2 heterocycles. The van der Waals surface area contributed by atoms with E-state index in [9.17, 15) is 14.4 Å². The Bertz CT molecular complexity index is 1040. The number of methoxy groups -OCH3 is 1. The van der Waals surface area contributed by atoms with Crippen LogP contribution in [0, 0.1) is 5.92 Å². The molecule has 0 radical (unpaired) electrons. The smallest absolute Gasteiger partial charge is 0.325 e. The summed E-state index contributed by atoms with van der Waals surface area (Å²) in [5.41, 5.74) is 1.23. The molecule has 0 bridgehead atoms. The minimum absolute atomic E-state index is 0.0805. The van der Waals surface area contributed by atoms with E-state index >= 15 is 0 Å². The lowest BCUT2D eigenvalue weighted by Gasteiger charge is -2.43. The van der Waals surface area contributed by atoms with E-state index in [4.69, 9.17) is 16.3 Å². The zero-order valence-corrected chi connectivity index (χ0v) is 20.3. The van der Waals surface area contributed by atoms with Gasteiger partial charge in [-0.15, -0.1) is 0 Å². The van der Waals surface area contributed by atoms with Crippen molar-refractivity contribution in [2.24, 2.45) is 5.92 Å². The van der Waals surface area contributed by atoms with Crippen molar-refractivity contribution in [1.29, 1.82) is 0 Å². The second kappa shape index (κ2) is 10.1. The normalized spacial score (nSPS) is 18.3. The van der Waals surface area contributed by atoms with Crippen LogP contribution in [0.4, 0.5) is 5.69 Å². The van der Waals surface area contributed by atoms with Gasteiger partial charge in [0.2, 0.25) is 5.91 Å². The highest BCUT2D eigenvalue weighted by Gasteiger charge is 2.54. The first kappa shape index (κ1) is 24.1. The zero-order valence-electron chi connectivity index (χ0n) is 19.6. The van der Waals surface area contributed by atoms with Gasteiger partial charge in [-0.1, -0.05) is 48.9 Å². The molecule has 2 aliphatic rings. The lowest BCUT2D eigenvalue weighted by atomic mass is 9.84. The van der Waals surface area contributed by atoms with E-state index in [1.165, 1.54) is 7.11 Å². The van der Waals surface area contributed by atoms with E-state index in [-0.39, 0.29) is 24.3 Å². The number of esters is 1. The number of rotatable bonds is 6. The molecule has 2 amide bonds. The predicted molar refractivity (Wildman–Crippen MR) is 130 cm³/mol. The number of amides is 2. The Balaban J connectivity index is 1.48. The van der Waals surface area contributed by atoms with E-state index in [2.05, 4.69) is 4.90 Å². The Hall–Kier alpha value is -3.06. The zero-order chi connectivity index (χ0) is 24.3. The van der Waals surface area contributed by atoms with Crippen LogP contribution in [-0.4, -0.2) is 66.5 Å². The van der Waals surface area contributed by atoms with E-state index in [0.717, 1.165) is 11.3 Å². The number of anilines is 1. The summed E-state index contributed by atoms with van der Waals surface area (Å²) in [6.07, 6.45) is 1.66. The number of hydrogen-bond donors (Lipinski definition) is 0. The molecule has 0 saturated carbocycles. The maximum Gasteiger partial charge on any atom is 0.325 e. The van der Waals surface area contributed by atoms with Crippen LogP contribution in [0.15, 0.2) is 54.6 Å². The Kier molecular flexibility index (Phi) is 7.12. The summed E-state index contributed by atoms with van der Waals surface area (Å²) < 4.78 is 4.80.